The maximum absolute atomic E-state index is 5.03. The molecule has 0 bridgehead atoms. The third kappa shape index (κ3) is 18.0. The molecule has 0 aromatic rings. The van der Waals surface area contributed by atoms with Gasteiger partial charge in [-0.05, 0) is 46.8 Å². The van der Waals surface area contributed by atoms with E-state index in [4.69, 9.17) is 4.74 Å². The first-order valence-corrected chi connectivity index (χ1v) is 8.36. The van der Waals surface area contributed by atoms with E-state index in [1.807, 2.05) is 0 Å². The first kappa shape index (κ1) is 24.2. The number of ether oxygens (including phenoxy) is 1. The van der Waals surface area contributed by atoms with Gasteiger partial charge in [0.1, 0.15) is 0 Å². The second-order valence-electron chi connectivity index (χ2n) is 5.60. The van der Waals surface area contributed by atoms with Crippen molar-refractivity contribution < 1.29 is 4.74 Å². The highest BCUT2D eigenvalue weighted by atomic mass is 127. The van der Waals surface area contributed by atoms with Crippen molar-refractivity contribution in [3.8, 4) is 0 Å². The van der Waals surface area contributed by atoms with Crippen molar-refractivity contribution in [1.29, 1.82) is 0 Å². The molecule has 0 aromatic heterocycles. The molecule has 0 aromatic carbocycles. The molecule has 0 aliphatic rings. The Morgan fingerprint density at radius 2 is 1.68 bits per heavy atom. The van der Waals surface area contributed by atoms with Crippen LogP contribution in [0, 0.1) is 0 Å². The summed E-state index contributed by atoms with van der Waals surface area (Å²) in [5.41, 5.74) is 0. The number of hydrogen-bond donors (Lipinski definition) is 2. The van der Waals surface area contributed by atoms with E-state index in [9.17, 15) is 0 Å². The lowest BCUT2D eigenvalue weighted by Crippen LogP contribution is -2.37. The Morgan fingerprint density at radius 3 is 2.32 bits per heavy atom. The van der Waals surface area contributed by atoms with E-state index >= 15 is 0 Å². The molecule has 0 aliphatic heterocycles. The van der Waals surface area contributed by atoms with Crippen LogP contribution in [0.3, 0.4) is 0 Å². The molecule has 0 radical (unpaired) electrons. The van der Waals surface area contributed by atoms with E-state index < -0.39 is 0 Å². The van der Waals surface area contributed by atoms with Crippen molar-refractivity contribution in [1.82, 2.24) is 15.5 Å². The number of aliphatic imine (C=N–C) groups is 1. The summed E-state index contributed by atoms with van der Waals surface area (Å²) in [6.45, 7) is 6.79. The Morgan fingerprint density at radius 1 is 1.00 bits per heavy atom. The Kier molecular flexibility index (Phi) is 20.8. The zero-order valence-corrected chi connectivity index (χ0v) is 17.3. The van der Waals surface area contributed by atoms with Crippen LogP contribution in [0.15, 0.2) is 4.99 Å². The molecular formula is C16H37IN4O. The Balaban J connectivity index is 0. The van der Waals surface area contributed by atoms with Crippen LogP contribution in [0.1, 0.15) is 45.4 Å². The van der Waals surface area contributed by atoms with E-state index in [1.165, 1.54) is 38.6 Å². The molecular weight excluding hydrogens is 391 g/mol. The lowest BCUT2D eigenvalue weighted by molar-refractivity contribution is 0.197. The Bertz CT molecular complexity index is 250. The van der Waals surface area contributed by atoms with Crippen molar-refractivity contribution in [2.75, 3.05) is 54.0 Å². The minimum absolute atomic E-state index is 0. The SMILES string of the molecule is CCNC(=NCCCOC)NCCCCCCCN(C)C.I. The minimum Gasteiger partial charge on any atom is -0.385 e. The summed E-state index contributed by atoms with van der Waals surface area (Å²) < 4.78 is 5.03. The zero-order valence-electron chi connectivity index (χ0n) is 15.0. The number of methoxy groups -OCH3 is 1. The normalized spacial score (nSPS) is 11.4. The minimum atomic E-state index is 0. The predicted octanol–water partition coefficient (Wildman–Crippen LogP) is 2.71. The molecule has 0 amide bonds. The van der Waals surface area contributed by atoms with Gasteiger partial charge in [-0.1, -0.05) is 19.3 Å². The number of rotatable bonds is 13. The topological polar surface area (TPSA) is 48.9 Å². The highest BCUT2D eigenvalue weighted by Crippen LogP contribution is 2.02. The maximum Gasteiger partial charge on any atom is 0.191 e. The van der Waals surface area contributed by atoms with Gasteiger partial charge in [0, 0.05) is 33.4 Å². The molecule has 0 unspecified atom stereocenters. The second kappa shape index (κ2) is 19.0. The van der Waals surface area contributed by atoms with Gasteiger partial charge in [0.25, 0.3) is 0 Å². The maximum atomic E-state index is 5.03. The number of halogens is 1. The summed E-state index contributed by atoms with van der Waals surface area (Å²) in [5, 5.41) is 6.67. The fourth-order valence-electron chi connectivity index (χ4n) is 2.03. The van der Waals surface area contributed by atoms with Gasteiger partial charge in [0.15, 0.2) is 5.96 Å². The van der Waals surface area contributed by atoms with Crippen LogP contribution >= 0.6 is 24.0 Å². The summed E-state index contributed by atoms with van der Waals surface area (Å²) >= 11 is 0. The molecule has 0 spiro atoms. The number of guanidine groups is 1. The second-order valence-corrected chi connectivity index (χ2v) is 5.60. The van der Waals surface area contributed by atoms with Gasteiger partial charge in [0.05, 0.1) is 0 Å². The number of unbranched alkanes of at least 4 members (excludes halogenated alkanes) is 4. The van der Waals surface area contributed by atoms with Crippen molar-refractivity contribution in [3.63, 3.8) is 0 Å². The molecule has 0 aliphatic carbocycles. The van der Waals surface area contributed by atoms with E-state index in [0.717, 1.165) is 38.6 Å². The molecule has 0 heterocycles. The number of hydrogen-bond acceptors (Lipinski definition) is 3. The quantitative estimate of drug-likeness (QED) is 0.205. The van der Waals surface area contributed by atoms with E-state index in [0.29, 0.717) is 0 Å². The Hall–Kier alpha value is -0.0800. The van der Waals surface area contributed by atoms with Crippen LogP contribution in [-0.4, -0.2) is 64.9 Å². The molecule has 5 nitrogen and oxygen atoms in total. The van der Waals surface area contributed by atoms with Crippen molar-refractivity contribution in [2.24, 2.45) is 4.99 Å². The van der Waals surface area contributed by atoms with Crippen LogP contribution in [-0.2, 0) is 4.74 Å². The monoisotopic (exact) mass is 428 g/mol. The summed E-state index contributed by atoms with van der Waals surface area (Å²) in [6.07, 6.45) is 7.46. The van der Waals surface area contributed by atoms with Crippen LogP contribution < -0.4 is 10.6 Å². The molecule has 0 saturated carbocycles. The van der Waals surface area contributed by atoms with E-state index in [1.54, 1.807) is 7.11 Å². The standard InChI is InChI=1S/C16H36N4O.HI/c1-5-17-16(19-13-11-15-21-4)18-12-9-7-6-8-10-14-20(2)3;/h5-15H2,1-4H3,(H2,17,18,19);1H. The van der Waals surface area contributed by atoms with Gasteiger partial charge in [0.2, 0.25) is 0 Å². The van der Waals surface area contributed by atoms with Gasteiger partial charge in [-0.15, -0.1) is 24.0 Å². The summed E-state index contributed by atoms with van der Waals surface area (Å²) in [5.74, 6) is 0.932. The average Bonchev–Trinajstić information content (AvgIpc) is 2.45. The molecule has 2 N–H and O–H groups in total. The fraction of sp³-hybridized carbons (Fsp3) is 0.938. The highest BCUT2D eigenvalue weighted by Gasteiger charge is 1.97. The summed E-state index contributed by atoms with van der Waals surface area (Å²) in [7, 11) is 6.00. The third-order valence-corrected chi connectivity index (χ3v) is 3.20. The van der Waals surface area contributed by atoms with Crippen LogP contribution in [0.5, 0.6) is 0 Å². The van der Waals surface area contributed by atoms with E-state index in [-0.39, 0.29) is 24.0 Å². The van der Waals surface area contributed by atoms with Gasteiger partial charge >= 0.3 is 0 Å². The molecule has 0 atom stereocenters. The first-order valence-electron chi connectivity index (χ1n) is 8.36. The largest absolute Gasteiger partial charge is 0.385 e. The Labute approximate surface area is 154 Å². The third-order valence-electron chi connectivity index (χ3n) is 3.20. The molecule has 0 fully saturated rings. The predicted molar refractivity (Wildman–Crippen MR) is 108 cm³/mol. The number of nitrogens with zero attached hydrogens (tertiary/aromatic N) is 2. The lowest BCUT2D eigenvalue weighted by Gasteiger charge is -2.11. The molecule has 22 heavy (non-hydrogen) atoms. The van der Waals surface area contributed by atoms with Crippen molar-refractivity contribution >= 4 is 29.9 Å². The van der Waals surface area contributed by atoms with Crippen LogP contribution in [0.25, 0.3) is 0 Å². The zero-order chi connectivity index (χ0) is 15.8. The highest BCUT2D eigenvalue weighted by molar-refractivity contribution is 14.0. The van der Waals surface area contributed by atoms with Gasteiger partial charge in [-0.25, -0.2) is 0 Å². The van der Waals surface area contributed by atoms with Gasteiger partial charge < -0.3 is 20.3 Å². The average molecular weight is 428 g/mol. The molecule has 0 rings (SSSR count). The van der Waals surface area contributed by atoms with Gasteiger partial charge in [-0.2, -0.15) is 0 Å². The van der Waals surface area contributed by atoms with E-state index in [2.05, 4.69) is 41.5 Å². The summed E-state index contributed by atoms with van der Waals surface area (Å²) in [4.78, 5) is 6.78. The summed E-state index contributed by atoms with van der Waals surface area (Å²) in [6, 6.07) is 0. The smallest absolute Gasteiger partial charge is 0.191 e. The lowest BCUT2D eigenvalue weighted by atomic mass is 10.1. The fourth-order valence-corrected chi connectivity index (χ4v) is 2.03. The van der Waals surface area contributed by atoms with Crippen LogP contribution in [0.2, 0.25) is 0 Å². The van der Waals surface area contributed by atoms with Gasteiger partial charge in [-0.3, -0.25) is 4.99 Å². The number of nitrogens with one attached hydrogen (secondary N) is 2. The first-order chi connectivity index (χ1) is 10.2. The molecule has 0 saturated heterocycles. The van der Waals surface area contributed by atoms with Crippen molar-refractivity contribution in [3.05, 3.63) is 0 Å². The molecule has 134 valence electrons. The van der Waals surface area contributed by atoms with Crippen LogP contribution in [0.4, 0.5) is 0 Å². The molecule has 6 heteroatoms. The van der Waals surface area contributed by atoms with Crippen molar-refractivity contribution in [2.45, 2.75) is 45.4 Å².